The molecule has 4 nitrogen and oxygen atoms in total. The molecule has 0 bridgehead atoms. The Kier molecular flexibility index (Phi) is 8.38. The van der Waals surface area contributed by atoms with Gasteiger partial charge in [0.05, 0.1) is 5.75 Å². The molecule has 30 heavy (non-hydrogen) atoms. The summed E-state index contributed by atoms with van der Waals surface area (Å²) in [6.07, 6.45) is 5.02. The Morgan fingerprint density at radius 2 is 1.73 bits per heavy atom. The van der Waals surface area contributed by atoms with Crippen LogP contribution in [-0.4, -0.2) is 34.6 Å². The number of nitrogens with zero attached hydrogens (tertiary/aromatic N) is 1. The van der Waals surface area contributed by atoms with E-state index in [2.05, 4.69) is 17.4 Å². The summed E-state index contributed by atoms with van der Waals surface area (Å²) in [5.41, 5.74) is 2.23. The maximum absolute atomic E-state index is 13.3. The van der Waals surface area contributed by atoms with Gasteiger partial charge < -0.3 is 10.2 Å². The molecule has 0 radical (unpaired) electrons. The minimum atomic E-state index is -0.448. The van der Waals surface area contributed by atoms with Crippen LogP contribution in [0, 0.1) is 6.92 Å². The van der Waals surface area contributed by atoms with E-state index in [0.29, 0.717) is 18.7 Å². The Hall–Kier alpha value is -2.27. The SMILES string of the molecule is CCC(C(=O)NC1CCCC1)N(Cc1ccc(C)cc1)C(=O)CSc1ccccc1. The first-order valence-corrected chi connectivity index (χ1v) is 11.9. The first-order valence-electron chi connectivity index (χ1n) is 10.9. The smallest absolute Gasteiger partial charge is 0.243 e. The molecule has 0 heterocycles. The number of rotatable bonds is 9. The predicted molar refractivity (Wildman–Crippen MR) is 123 cm³/mol. The first kappa shape index (κ1) is 22.4. The van der Waals surface area contributed by atoms with E-state index in [4.69, 9.17) is 0 Å². The second kappa shape index (κ2) is 11.2. The number of hydrogen-bond donors (Lipinski definition) is 1. The molecule has 2 aromatic rings. The van der Waals surface area contributed by atoms with E-state index >= 15 is 0 Å². The third kappa shape index (κ3) is 6.36. The molecule has 3 rings (SSSR count). The lowest BCUT2D eigenvalue weighted by atomic mass is 10.1. The molecule has 1 atom stereocenters. The van der Waals surface area contributed by atoms with Gasteiger partial charge in [0.25, 0.3) is 0 Å². The van der Waals surface area contributed by atoms with Gasteiger partial charge in [0.2, 0.25) is 11.8 Å². The molecule has 5 heteroatoms. The maximum atomic E-state index is 13.3. The summed E-state index contributed by atoms with van der Waals surface area (Å²) >= 11 is 1.52. The van der Waals surface area contributed by atoms with Crippen LogP contribution in [0.4, 0.5) is 0 Å². The van der Waals surface area contributed by atoms with E-state index in [1.807, 2.05) is 56.3 Å². The van der Waals surface area contributed by atoms with Crippen molar-refractivity contribution in [3.05, 3.63) is 65.7 Å². The fourth-order valence-corrected chi connectivity index (χ4v) is 4.73. The Balaban J connectivity index is 1.74. The van der Waals surface area contributed by atoms with Gasteiger partial charge >= 0.3 is 0 Å². The molecule has 1 N–H and O–H groups in total. The molecule has 2 aromatic carbocycles. The standard InChI is InChI=1S/C25H32N2O2S/c1-3-23(25(29)26-21-9-7-8-10-21)27(17-20-15-13-19(2)14-16-20)24(28)18-30-22-11-5-4-6-12-22/h4-6,11-16,21,23H,3,7-10,17-18H2,1-2H3,(H,26,29). The van der Waals surface area contributed by atoms with Crippen LogP contribution >= 0.6 is 11.8 Å². The lowest BCUT2D eigenvalue weighted by Crippen LogP contribution is -2.51. The second-order valence-corrected chi connectivity index (χ2v) is 9.07. The van der Waals surface area contributed by atoms with Crippen LogP contribution in [0.25, 0.3) is 0 Å². The van der Waals surface area contributed by atoms with Crippen molar-refractivity contribution in [1.82, 2.24) is 10.2 Å². The zero-order valence-electron chi connectivity index (χ0n) is 18.0. The van der Waals surface area contributed by atoms with Gasteiger partial charge in [-0.1, -0.05) is 67.8 Å². The van der Waals surface area contributed by atoms with Crippen molar-refractivity contribution in [3.63, 3.8) is 0 Å². The largest absolute Gasteiger partial charge is 0.352 e. The number of thioether (sulfide) groups is 1. The number of aryl methyl sites for hydroxylation is 1. The van der Waals surface area contributed by atoms with Crippen LogP contribution < -0.4 is 5.32 Å². The predicted octanol–water partition coefficient (Wildman–Crippen LogP) is 4.95. The van der Waals surface area contributed by atoms with Gasteiger partial charge in [-0.05, 0) is 43.9 Å². The first-order chi connectivity index (χ1) is 14.6. The summed E-state index contributed by atoms with van der Waals surface area (Å²) < 4.78 is 0. The van der Waals surface area contributed by atoms with E-state index in [1.165, 1.54) is 30.2 Å². The van der Waals surface area contributed by atoms with Crippen molar-refractivity contribution >= 4 is 23.6 Å². The topological polar surface area (TPSA) is 49.4 Å². The van der Waals surface area contributed by atoms with Crippen molar-refractivity contribution in [2.75, 3.05) is 5.75 Å². The molecule has 160 valence electrons. The Bertz CT molecular complexity index is 817. The van der Waals surface area contributed by atoms with E-state index in [9.17, 15) is 9.59 Å². The van der Waals surface area contributed by atoms with Crippen LogP contribution in [0.15, 0.2) is 59.5 Å². The fraction of sp³-hybridized carbons (Fsp3) is 0.440. The molecule has 1 unspecified atom stereocenters. The molecule has 1 aliphatic carbocycles. The molecular formula is C25H32N2O2S. The summed E-state index contributed by atoms with van der Waals surface area (Å²) in [5.74, 6) is 0.302. The summed E-state index contributed by atoms with van der Waals surface area (Å²) in [5, 5.41) is 3.19. The van der Waals surface area contributed by atoms with Crippen molar-refractivity contribution in [2.45, 2.75) is 69.5 Å². The van der Waals surface area contributed by atoms with Gasteiger partial charge in [-0.3, -0.25) is 9.59 Å². The average molecular weight is 425 g/mol. The maximum Gasteiger partial charge on any atom is 0.243 e. The zero-order valence-corrected chi connectivity index (χ0v) is 18.8. The number of hydrogen-bond acceptors (Lipinski definition) is 3. The minimum Gasteiger partial charge on any atom is -0.352 e. The summed E-state index contributed by atoms with van der Waals surface area (Å²) in [6, 6.07) is 17.9. The van der Waals surface area contributed by atoms with Gasteiger partial charge in [0, 0.05) is 17.5 Å². The molecule has 2 amide bonds. The van der Waals surface area contributed by atoms with Gasteiger partial charge in [-0.15, -0.1) is 11.8 Å². The van der Waals surface area contributed by atoms with Crippen molar-refractivity contribution in [2.24, 2.45) is 0 Å². The fourth-order valence-electron chi connectivity index (χ4n) is 3.92. The zero-order chi connectivity index (χ0) is 21.3. The summed E-state index contributed by atoms with van der Waals surface area (Å²) in [4.78, 5) is 29.2. The molecule has 1 aliphatic rings. The molecule has 0 aromatic heterocycles. The highest BCUT2D eigenvalue weighted by Gasteiger charge is 2.30. The van der Waals surface area contributed by atoms with Crippen molar-refractivity contribution in [3.8, 4) is 0 Å². The quantitative estimate of drug-likeness (QED) is 0.579. The third-order valence-electron chi connectivity index (χ3n) is 5.67. The van der Waals surface area contributed by atoms with Crippen molar-refractivity contribution < 1.29 is 9.59 Å². The highest BCUT2D eigenvalue weighted by molar-refractivity contribution is 8.00. The summed E-state index contributed by atoms with van der Waals surface area (Å²) in [7, 11) is 0. The van der Waals surface area contributed by atoms with Crippen LogP contribution in [0.1, 0.15) is 50.2 Å². The van der Waals surface area contributed by atoms with Crippen molar-refractivity contribution in [1.29, 1.82) is 0 Å². The molecule has 0 saturated heterocycles. The molecular weight excluding hydrogens is 392 g/mol. The van der Waals surface area contributed by atoms with Gasteiger partial charge in [0.15, 0.2) is 0 Å². The molecule has 1 saturated carbocycles. The number of benzene rings is 2. The average Bonchev–Trinajstić information content (AvgIpc) is 3.27. The lowest BCUT2D eigenvalue weighted by molar-refractivity contribution is -0.139. The number of carbonyl (C=O) groups excluding carboxylic acids is 2. The van der Waals surface area contributed by atoms with E-state index in [-0.39, 0.29) is 17.9 Å². The number of nitrogens with one attached hydrogen (secondary N) is 1. The molecule has 0 spiro atoms. The van der Waals surface area contributed by atoms with Crippen LogP contribution in [0.3, 0.4) is 0 Å². The highest BCUT2D eigenvalue weighted by atomic mass is 32.2. The van der Waals surface area contributed by atoms with E-state index < -0.39 is 6.04 Å². The Labute approximate surface area is 184 Å². The molecule has 0 aliphatic heterocycles. The van der Waals surface area contributed by atoms with E-state index in [0.717, 1.165) is 23.3 Å². The highest BCUT2D eigenvalue weighted by Crippen LogP contribution is 2.22. The summed E-state index contributed by atoms with van der Waals surface area (Å²) in [6.45, 7) is 4.48. The minimum absolute atomic E-state index is 0.00199. The number of carbonyl (C=O) groups is 2. The third-order valence-corrected chi connectivity index (χ3v) is 6.66. The number of amides is 2. The second-order valence-electron chi connectivity index (χ2n) is 8.02. The Morgan fingerprint density at radius 3 is 2.37 bits per heavy atom. The van der Waals surface area contributed by atoms with Gasteiger partial charge in [0.1, 0.15) is 6.04 Å². The van der Waals surface area contributed by atoms with Crippen LogP contribution in [0.2, 0.25) is 0 Å². The molecule has 1 fully saturated rings. The Morgan fingerprint density at radius 1 is 1.07 bits per heavy atom. The van der Waals surface area contributed by atoms with Gasteiger partial charge in [-0.25, -0.2) is 0 Å². The van der Waals surface area contributed by atoms with Crippen LogP contribution in [0.5, 0.6) is 0 Å². The van der Waals surface area contributed by atoms with Crippen LogP contribution in [-0.2, 0) is 16.1 Å². The normalized spacial score (nSPS) is 15.0. The lowest BCUT2D eigenvalue weighted by Gasteiger charge is -2.31. The van der Waals surface area contributed by atoms with E-state index in [1.54, 1.807) is 4.90 Å². The van der Waals surface area contributed by atoms with Gasteiger partial charge in [-0.2, -0.15) is 0 Å². The monoisotopic (exact) mass is 424 g/mol.